The molecule has 0 saturated heterocycles. The molecule has 0 bridgehead atoms. The molecule has 22 heavy (non-hydrogen) atoms. The van der Waals surface area contributed by atoms with Crippen LogP contribution in [0.15, 0.2) is 64.4 Å². The van der Waals surface area contributed by atoms with Gasteiger partial charge in [-0.25, -0.2) is 0 Å². The van der Waals surface area contributed by atoms with Crippen LogP contribution in [-0.2, 0) is 4.79 Å². The van der Waals surface area contributed by atoms with Gasteiger partial charge in [-0.3, -0.25) is 9.59 Å². The fraction of sp³-hybridized carbons (Fsp3) is 0.222. The third-order valence-corrected chi connectivity index (χ3v) is 4.23. The van der Waals surface area contributed by atoms with Crippen molar-refractivity contribution in [3.05, 3.63) is 60.2 Å². The fourth-order valence-corrected chi connectivity index (χ4v) is 2.98. The van der Waals surface area contributed by atoms with Gasteiger partial charge in [-0.15, -0.1) is 0 Å². The van der Waals surface area contributed by atoms with Crippen molar-refractivity contribution < 1.29 is 14.7 Å². The fourth-order valence-electron chi connectivity index (χ4n) is 2.14. The van der Waals surface area contributed by atoms with E-state index in [9.17, 15) is 9.59 Å². The Kier molecular flexibility index (Phi) is 5.78. The number of carbonyl (C=O) groups is 2. The Bertz CT molecular complexity index is 635. The molecule has 0 aliphatic heterocycles. The molecule has 0 aliphatic rings. The van der Waals surface area contributed by atoms with Crippen molar-refractivity contribution in [1.82, 2.24) is 0 Å². The zero-order chi connectivity index (χ0) is 15.9. The summed E-state index contributed by atoms with van der Waals surface area (Å²) in [5.74, 6) is -1.02. The maximum Gasteiger partial charge on any atom is 0.303 e. The molecule has 2 aromatic rings. The smallest absolute Gasteiger partial charge is 0.303 e. The minimum atomic E-state index is -0.866. The quantitative estimate of drug-likeness (QED) is 0.763. The molecule has 114 valence electrons. The third kappa shape index (κ3) is 5.04. The SMILES string of the molecule is CC(CC(=O)O)CC(=O)c1ccc(Sc2ccccc2)cc1. The monoisotopic (exact) mass is 314 g/mol. The third-order valence-electron chi connectivity index (χ3n) is 3.21. The van der Waals surface area contributed by atoms with Crippen LogP contribution in [0.2, 0.25) is 0 Å². The Balaban J connectivity index is 1.96. The van der Waals surface area contributed by atoms with E-state index in [0.29, 0.717) is 5.56 Å². The van der Waals surface area contributed by atoms with Gasteiger partial charge in [-0.05, 0) is 30.2 Å². The van der Waals surface area contributed by atoms with Crippen LogP contribution in [0.3, 0.4) is 0 Å². The summed E-state index contributed by atoms with van der Waals surface area (Å²) in [4.78, 5) is 25.0. The van der Waals surface area contributed by atoms with E-state index in [1.54, 1.807) is 30.8 Å². The van der Waals surface area contributed by atoms with Crippen LogP contribution >= 0.6 is 11.8 Å². The molecular formula is C18H18O3S. The number of Topliss-reactive ketones (excluding diaryl/α,β-unsaturated/α-hetero) is 1. The number of carbonyl (C=O) groups excluding carboxylic acids is 1. The first-order chi connectivity index (χ1) is 10.5. The molecule has 2 aromatic carbocycles. The minimum absolute atomic E-state index is 0.00925. The van der Waals surface area contributed by atoms with E-state index in [4.69, 9.17) is 5.11 Å². The van der Waals surface area contributed by atoms with Crippen LogP contribution in [0, 0.1) is 5.92 Å². The standard InChI is InChI=1S/C18H18O3S/c1-13(12-18(20)21)11-17(19)14-7-9-16(10-8-14)22-15-5-3-2-4-6-15/h2-10,13H,11-12H2,1H3,(H,20,21). The van der Waals surface area contributed by atoms with Crippen LogP contribution in [0.1, 0.15) is 30.1 Å². The number of hydrogen-bond donors (Lipinski definition) is 1. The topological polar surface area (TPSA) is 54.4 Å². The van der Waals surface area contributed by atoms with Gasteiger partial charge in [0.15, 0.2) is 5.78 Å². The minimum Gasteiger partial charge on any atom is -0.481 e. The molecule has 0 fully saturated rings. The molecule has 0 heterocycles. The summed E-state index contributed by atoms with van der Waals surface area (Å²) in [6, 6.07) is 17.5. The molecule has 4 heteroatoms. The van der Waals surface area contributed by atoms with Gasteiger partial charge in [0.05, 0.1) is 0 Å². The molecular weight excluding hydrogens is 296 g/mol. The van der Waals surface area contributed by atoms with Gasteiger partial charge in [-0.2, -0.15) is 0 Å². The predicted molar refractivity (Wildman–Crippen MR) is 87.4 cm³/mol. The Morgan fingerprint density at radius 1 is 0.955 bits per heavy atom. The number of aliphatic carboxylic acids is 1. The summed E-state index contributed by atoms with van der Waals surface area (Å²) in [7, 11) is 0. The van der Waals surface area contributed by atoms with E-state index in [-0.39, 0.29) is 24.5 Å². The van der Waals surface area contributed by atoms with Crippen LogP contribution < -0.4 is 0 Å². The molecule has 0 saturated carbocycles. The molecule has 1 atom stereocenters. The summed E-state index contributed by atoms with van der Waals surface area (Å²) in [6.45, 7) is 1.78. The Hall–Kier alpha value is -2.07. The van der Waals surface area contributed by atoms with Crippen LogP contribution in [-0.4, -0.2) is 16.9 Å². The maximum absolute atomic E-state index is 12.1. The molecule has 1 unspecified atom stereocenters. The van der Waals surface area contributed by atoms with Crippen LogP contribution in [0.4, 0.5) is 0 Å². The highest BCUT2D eigenvalue weighted by molar-refractivity contribution is 7.99. The second kappa shape index (κ2) is 7.80. The number of benzene rings is 2. The molecule has 0 radical (unpaired) electrons. The summed E-state index contributed by atoms with van der Waals surface area (Å²) in [5, 5.41) is 8.73. The summed E-state index contributed by atoms with van der Waals surface area (Å²) in [5.41, 5.74) is 0.634. The zero-order valence-corrected chi connectivity index (χ0v) is 13.2. The summed E-state index contributed by atoms with van der Waals surface area (Å²) in [6.07, 6.45) is 0.283. The summed E-state index contributed by atoms with van der Waals surface area (Å²) >= 11 is 1.64. The van der Waals surface area contributed by atoms with Gasteiger partial charge in [0.2, 0.25) is 0 Å². The first-order valence-corrected chi connectivity index (χ1v) is 7.94. The van der Waals surface area contributed by atoms with Crippen molar-refractivity contribution in [1.29, 1.82) is 0 Å². The van der Waals surface area contributed by atoms with Crippen molar-refractivity contribution in [2.24, 2.45) is 5.92 Å². The normalized spacial score (nSPS) is 11.9. The number of rotatable bonds is 7. The number of ketones is 1. The van der Waals surface area contributed by atoms with E-state index in [2.05, 4.69) is 0 Å². The lowest BCUT2D eigenvalue weighted by atomic mass is 9.97. The largest absolute Gasteiger partial charge is 0.481 e. The molecule has 0 amide bonds. The highest BCUT2D eigenvalue weighted by Crippen LogP contribution is 2.27. The highest BCUT2D eigenvalue weighted by Gasteiger charge is 2.14. The number of hydrogen-bond acceptors (Lipinski definition) is 3. The average molecular weight is 314 g/mol. The maximum atomic E-state index is 12.1. The summed E-state index contributed by atoms with van der Waals surface area (Å²) < 4.78 is 0. The van der Waals surface area contributed by atoms with Crippen molar-refractivity contribution >= 4 is 23.5 Å². The van der Waals surface area contributed by atoms with Gasteiger partial charge >= 0.3 is 5.97 Å². The molecule has 0 aromatic heterocycles. The van der Waals surface area contributed by atoms with Crippen molar-refractivity contribution in [2.75, 3.05) is 0 Å². The lowest BCUT2D eigenvalue weighted by molar-refractivity contribution is -0.137. The van der Waals surface area contributed by atoms with Gasteiger partial charge < -0.3 is 5.11 Å². The molecule has 1 N–H and O–H groups in total. The van der Waals surface area contributed by atoms with Gasteiger partial charge in [-0.1, -0.05) is 49.0 Å². The Morgan fingerprint density at radius 2 is 1.55 bits per heavy atom. The highest BCUT2D eigenvalue weighted by atomic mass is 32.2. The molecule has 3 nitrogen and oxygen atoms in total. The van der Waals surface area contributed by atoms with Gasteiger partial charge in [0, 0.05) is 28.2 Å². The van der Waals surface area contributed by atoms with E-state index >= 15 is 0 Å². The predicted octanol–water partition coefficient (Wildman–Crippen LogP) is 4.52. The lowest BCUT2D eigenvalue weighted by Crippen LogP contribution is -2.10. The second-order valence-corrected chi connectivity index (χ2v) is 6.42. The lowest BCUT2D eigenvalue weighted by Gasteiger charge is -2.08. The van der Waals surface area contributed by atoms with Crippen LogP contribution in [0.25, 0.3) is 0 Å². The van der Waals surface area contributed by atoms with E-state index in [1.165, 1.54) is 0 Å². The van der Waals surface area contributed by atoms with Crippen molar-refractivity contribution in [2.45, 2.75) is 29.6 Å². The average Bonchev–Trinajstić information content (AvgIpc) is 2.48. The van der Waals surface area contributed by atoms with Gasteiger partial charge in [0.25, 0.3) is 0 Å². The Labute approximate surface area is 134 Å². The van der Waals surface area contributed by atoms with Crippen molar-refractivity contribution in [3.63, 3.8) is 0 Å². The van der Waals surface area contributed by atoms with E-state index in [1.807, 2.05) is 42.5 Å². The Morgan fingerprint density at radius 3 is 2.14 bits per heavy atom. The number of carboxylic acids is 1. The second-order valence-electron chi connectivity index (χ2n) is 5.27. The first-order valence-electron chi connectivity index (χ1n) is 7.12. The molecule has 0 aliphatic carbocycles. The van der Waals surface area contributed by atoms with E-state index in [0.717, 1.165) is 9.79 Å². The molecule has 0 spiro atoms. The van der Waals surface area contributed by atoms with Crippen molar-refractivity contribution in [3.8, 4) is 0 Å². The van der Waals surface area contributed by atoms with Crippen LogP contribution in [0.5, 0.6) is 0 Å². The first kappa shape index (κ1) is 16.3. The molecule has 2 rings (SSSR count). The van der Waals surface area contributed by atoms with Gasteiger partial charge in [0.1, 0.15) is 0 Å². The number of carboxylic acid groups (broad SMARTS) is 1. The van der Waals surface area contributed by atoms with E-state index < -0.39 is 5.97 Å². The zero-order valence-electron chi connectivity index (χ0n) is 12.4.